The summed E-state index contributed by atoms with van der Waals surface area (Å²) in [6.07, 6.45) is 0.865. The normalized spacial score (nSPS) is 24.6. The average molecular weight is 362 g/mol. The van der Waals surface area contributed by atoms with Gasteiger partial charge in [-0.15, -0.1) is 0 Å². The molecule has 27 heavy (non-hydrogen) atoms. The Labute approximate surface area is 159 Å². The van der Waals surface area contributed by atoms with Crippen molar-refractivity contribution in [2.45, 2.75) is 44.7 Å². The smallest absolute Gasteiger partial charge is 0.324 e. The number of fused-ring (bicyclic) bond motifs is 3. The molecule has 140 valence electrons. The zero-order valence-corrected chi connectivity index (χ0v) is 16.1. The standard InChI is InChI=1S/C23H26N2O2/c1-4-23(3)21-19(16-13-9-10-14-17(16)24-21)18(15-11-7-6-8-12-15)20(25-23)22(26)27-5-2/h6-14,18,20,24-25H,4-5H2,1-3H3/t18-,20-,23+/m0/s1. The highest BCUT2D eigenvalue weighted by Crippen LogP contribution is 2.45. The van der Waals surface area contributed by atoms with Crippen LogP contribution < -0.4 is 5.32 Å². The minimum absolute atomic E-state index is 0.101. The number of carbonyl (C=O) groups is 1. The number of ether oxygens (including phenoxy) is 1. The maximum absolute atomic E-state index is 13.0. The summed E-state index contributed by atoms with van der Waals surface area (Å²) in [5, 5.41) is 4.80. The molecule has 0 aliphatic carbocycles. The monoisotopic (exact) mass is 362 g/mol. The quantitative estimate of drug-likeness (QED) is 0.674. The number of carbonyl (C=O) groups excluding carboxylic acids is 1. The first-order valence-corrected chi connectivity index (χ1v) is 9.69. The lowest BCUT2D eigenvalue weighted by atomic mass is 9.74. The highest BCUT2D eigenvalue weighted by Gasteiger charge is 2.46. The fourth-order valence-electron chi connectivity index (χ4n) is 4.31. The Morgan fingerprint density at radius 3 is 2.48 bits per heavy atom. The van der Waals surface area contributed by atoms with Crippen molar-refractivity contribution in [3.8, 4) is 0 Å². The number of aromatic nitrogens is 1. The summed E-state index contributed by atoms with van der Waals surface area (Å²) in [6.45, 7) is 6.54. The van der Waals surface area contributed by atoms with Crippen molar-refractivity contribution in [1.82, 2.24) is 10.3 Å². The van der Waals surface area contributed by atoms with Gasteiger partial charge in [-0.25, -0.2) is 0 Å². The molecule has 2 aromatic carbocycles. The highest BCUT2D eigenvalue weighted by atomic mass is 16.5. The van der Waals surface area contributed by atoms with Crippen LogP contribution in [0.4, 0.5) is 0 Å². The molecule has 4 rings (SSSR count). The molecular weight excluding hydrogens is 336 g/mol. The number of para-hydroxylation sites is 1. The van der Waals surface area contributed by atoms with Crippen LogP contribution in [0.5, 0.6) is 0 Å². The van der Waals surface area contributed by atoms with E-state index in [1.165, 1.54) is 16.6 Å². The van der Waals surface area contributed by atoms with Crippen LogP contribution in [0, 0.1) is 0 Å². The molecule has 0 radical (unpaired) electrons. The number of hydrogen-bond donors (Lipinski definition) is 2. The van der Waals surface area contributed by atoms with E-state index >= 15 is 0 Å². The van der Waals surface area contributed by atoms with Gasteiger partial charge in [0, 0.05) is 22.5 Å². The summed E-state index contributed by atoms with van der Waals surface area (Å²) >= 11 is 0. The number of nitrogens with one attached hydrogen (secondary N) is 2. The second-order valence-corrected chi connectivity index (χ2v) is 7.41. The van der Waals surface area contributed by atoms with Gasteiger partial charge in [-0.1, -0.05) is 55.5 Å². The topological polar surface area (TPSA) is 54.1 Å². The van der Waals surface area contributed by atoms with E-state index < -0.39 is 6.04 Å². The van der Waals surface area contributed by atoms with E-state index in [9.17, 15) is 4.79 Å². The third-order valence-electron chi connectivity index (χ3n) is 5.82. The molecule has 0 amide bonds. The van der Waals surface area contributed by atoms with Crippen LogP contribution in [0.2, 0.25) is 0 Å². The highest BCUT2D eigenvalue weighted by molar-refractivity contribution is 5.89. The van der Waals surface area contributed by atoms with Crippen molar-refractivity contribution in [3.05, 3.63) is 71.4 Å². The van der Waals surface area contributed by atoms with Gasteiger partial charge in [-0.3, -0.25) is 10.1 Å². The van der Waals surface area contributed by atoms with Gasteiger partial charge in [0.25, 0.3) is 0 Å². The van der Waals surface area contributed by atoms with Crippen LogP contribution in [0.1, 0.15) is 49.9 Å². The second-order valence-electron chi connectivity index (χ2n) is 7.41. The van der Waals surface area contributed by atoms with Crippen LogP contribution in [0.15, 0.2) is 54.6 Å². The molecule has 0 saturated heterocycles. The summed E-state index contributed by atoms with van der Waals surface area (Å²) in [7, 11) is 0. The van der Waals surface area contributed by atoms with Crippen LogP contribution >= 0.6 is 0 Å². The Morgan fingerprint density at radius 2 is 1.78 bits per heavy atom. The summed E-state index contributed by atoms with van der Waals surface area (Å²) in [5.74, 6) is -0.294. The molecule has 1 aliphatic heterocycles. The molecule has 0 fully saturated rings. The van der Waals surface area contributed by atoms with E-state index in [4.69, 9.17) is 4.74 Å². The predicted molar refractivity (Wildman–Crippen MR) is 108 cm³/mol. The van der Waals surface area contributed by atoms with Crippen molar-refractivity contribution in [2.24, 2.45) is 0 Å². The lowest BCUT2D eigenvalue weighted by Crippen LogP contribution is -2.56. The molecule has 1 aromatic heterocycles. The maximum atomic E-state index is 13.0. The molecule has 0 spiro atoms. The number of rotatable bonds is 4. The predicted octanol–water partition coefficient (Wildman–Crippen LogP) is 4.46. The van der Waals surface area contributed by atoms with Gasteiger partial charge in [0.1, 0.15) is 6.04 Å². The molecule has 0 bridgehead atoms. The fraction of sp³-hybridized carbons (Fsp3) is 0.348. The van der Waals surface area contributed by atoms with Crippen molar-refractivity contribution < 1.29 is 9.53 Å². The van der Waals surface area contributed by atoms with Gasteiger partial charge in [-0.05, 0) is 37.5 Å². The van der Waals surface area contributed by atoms with Gasteiger partial charge < -0.3 is 9.72 Å². The van der Waals surface area contributed by atoms with Crippen molar-refractivity contribution in [3.63, 3.8) is 0 Å². The van der Waals surface area contributed by atoms with Gasteiger partial charge in [0.2, 0.25) is 0 Å². The van der Waals surface area contributed by atoms with E-state index in [2.05, 4.69) is 54.5 Å². The fourth-order valence-corrected chi connectivity index (χ4v) is 4.31. The molecule has 0 saturated carbocycles. The Kier molecular flexibility index (Phi) is 4.52. The lowest BCUT2D eigenvalue weighted by Gasteiger charge is -2.43. The number of esters is 1. The Hall–Kier alpha value is -2.59. The van der Waals surface area contributed by atoms with E-state index in [1.807, 2.05) is 31.2 Å². The second kappa shape index (κ2) is 6.86. The molecule has 2 heterocycles. The van der Waals surface area contributed by atoms with Crippen LogP contribution in [0.25, 0.3) is 10.9 Å². The first kappa shape index (κ1) is 17.8. The maximum Gasteiger partial charge on any atom is 0.324 e. The number of aromatic amines is 1. The summed E-state index contributed by atoms with van der Waals surface area (Å²) in [5.41, 5.74) is 4.28. The summed E-state index contributed by atoms with van der Waals surface area (Å²) < 4.78 is 5.46. The first-order valence-electron chi connectivity index (χ1n) is 9.69. The molecular formula is C23H26N2O2. The molecule has 4 nitrogen and oxygen atoms in total. The zero-order chi connectivity index (χ0) is 19.0. The minimum atomic E-state index is -0.427. The minimum Gasteiger partial charge on any atom is -0.465 e. The average Bonchev–Trinajstić information content (AvgIpc) is 3.09. The van der Waals surface area contributed by atoms with E-state index in [1.54, 1.807) is 0 Å². The Bertz CT molecular complexity index is 963. The van der Waals surface area contributed by atoms with Crippen LogP contribution in [0.3, 0.4) is 0 Å². The lowest BCUT2D eigenvalue weighted by molar-refractivity contribution is -0.147. The summed E-state index contributed by atoms with van der Waals surface area (Å²) in [6, 6.07) is 18.2. The van der Waals surface area contributed by atoms with Gasteiger partial charge in [0.15, 0.2) is 0 Å². The number of H-pyrrole nitrogens is 1. The molecule has 4 heteroatoms. The Morgan fingerprint density at radius 1 is 1.07 bits per heavy atom. The van der Waals surface area contributed by atoms with Gasteiger partial charge in [-0.2, -0.15) is 0 Å². The third-order valence-corrected chi connectivity index (χ3v) is 5.82. The molecule has 3 atom stereocenters. The third kappa shape index (κ3) is 2.85. The molecule has 2 N–H and O–H groups in total. The largest absolute Gasteiger partial charge is 0.465 e. The zero-order valence-electron chi connectivity index (χ0n) is 16.1. The van der Waals surface area contributed by atoms with Crippen molar-refractivity contribution in [1.29, 1.82) is 0 Å². The van der Waals surface area contributed by atoms with Crippen molar-refractivity contribution >= 4 is 16.9 Å². The van der Waals surface area contributed by atoms with Crippen molar-refractivity contribution in [2.75, 3.05) is 6.61 Å². The van der Waals surface area contributed by atoms with Crippen LogP contribution in [-0.4, -0.2) is 23.6 Å². The molecule has 3 aromatic rings. The van der Waals surface area contributed by atoms with Gasteiger partial charge >= 0.3 is 5.97 Å². The first-order chi connectivity index (χ1) is 13.1. The Balaban J connectivity index is 2.00. The molecule has 1 aliphatic rings. The van der Waals surface area contributed by atoms with Crippen LogP contribution in [-0.2, 0) is 15.1 Å². The van der Waals surface area contributed by atoms with Gasteiger partial charge in [0.05, 0.1) is 12.1 Å². The SMILES string of the molecule is CCOC(=O)[C@H]1N[C@](C)(CC)c2[nH]c3ccccc3c2[C@@H]1c1ccccc1. The number of benzene rings is 2. The summed E-state index contributed by atoms with van der Waals surface area (Å²) in [4.78, 5) is 16.6. The van der Waals surface area contributed by atoms with E-state index in [0.29, 0.717) is 6.61 Å². The van der Waals surface area contributed by atoms with E-state index in [0.717, 1.165) is 17.5 Å². The number of hydrogen-bond acceptors (Lipinski definition) is 3. The van der Waals surface area contributed by atoms with E-state index in [-0.39, 0.29) is 17.4 Å². The molecule has 0 unspecified atom stereocenters.